The summed E-state index contributed by atoms with van der Waals surface area (Å²) in [7, 11) is 0. The lowest BCUT2D eigenvalue weighted by atomic mass is 9.66. The van der Waals surface area contributed by atoms with Crippen LogP contribution >= 0.6 is 0 Å². The van der Waals surface area contributed by atoms with E-state index in [9.17, 15) is 0 Å². The smallest absolute Gasteiger partial charge is 0.0711 e. The van der Waals surface area contributed by atoms with Crippen molar-refractivity contribution in [2.75, 3.05) is 9.80 Å². The molecular weight excluding hydrogens is 665 g/mol. The summed E-state index contributed by atoms with van der Waals surface area (Å²) in [5.41, 5.74) is 14.5. The molecule has 0 fully saturated rings. The molecule has 0 amide bonds. The topological polar surface area (TPSA) is 6.48 Å². The minimum Gasteiger partial charge on any atom is -0.314 e. The highest BCUT2D eigenvalue weighted by Gasteiger charge is 2.49. The molecule has 0 aromatic heterocycles. The van der Waals surface area contributed by atoms with E-state index in [0.717, 1.165) is 24.2 Å². The molecule has 2 nitrogen and oxygen atoms in total. The molecule has 0 heterocycles. The van der Waals surface area contributed by atoms with Crippen molar-refractivity contribution in [3.63, 3.8) is 0 Å². The van der Waals surface area contributed by atoms with Crippen molar-refractivity contribution in [2.45, 2.75) is 18.3 Å². The minimum absolute atomic E-state index is 0.574. The first-order valence-electron chi connectivity index (χ1n) is 19.2. The van der Waals surface area contributed by atoms with Crippen LogP contribution in [0.4, 0.5) is 28.4 Å². The Morgan fingerprint density at radius 1 is 0.382 bits per heavy atom. The number of anilines is 5. The van der Waals surface area contributed by atoms with Crippen molar-refractivity contribution in [2.24, 2.45) is 0 Å². The number of rotatable bonds is 8. The number of hydrogen-bond acceptors (Lipinski definition) is 2. The highest BCUT2D eigenvalue weighted by atomic mass is 15.2. The van der Waals surface area contributed by atoms with Crippen LogP contribution in [0.3, 0.4) is 0 Å². The Hall–Kier alpha value is -6.90. The van der Waals surface area contributed by atoms with Gasteiger partial charge in [0.1, 0.15) is 0 Å². The van der Waals surface area contributed by atoms with E-state index in [1.807, 2.05) is 0 Å². The molecule has 0 spiro atoms. The van der Waals surface area contributed by atoms with Crippen molar-refractivity contribution >= 4 is 44.8 Å². The molecule has 0 aliphatic heterocycles. The molecule has 0 saturated carbocycles. The SMILES string of the molecule is C1=C(N(c2ccccc2)c2ccccc2)CCC2=C1C(c1ccccc1)(c1ccccc1)c1cc(N(c3ccccc3)c3ccccc3)c3ccccc3c12. The molecule has 0 atom stereocenters. The van der Waals surface area contributed by atoms with Gasteiger partial charge in [-0.25, -0.2) is 0 Å². The molecule has 0 bridgehead atoms. The first kappa shape index (κ1) is 32.7. The number of benzene rings is 8. The Kier molecular flexibility index (Phi) is 8.22. The maximum atomic E-state index is 2.54. The Labute approximate surface area is 323 Å². The van der Waals surface area contributed by atoms with Gasteiger partial charge in [0.2, 0.25) is 0 Å². The summed E-state index contributed by atoms with van der Waals surface area (Å²) in [4.78, 5) is 4.90. The molecule has 8 aromatic carbocycles. The molecule has 2 heteroatoms. The van der Waals surface area contributed by atoms with Crippen LogP contribution in [0.25, 0.3) is 16.3 Å². The van der Waals surface area contributed by atoms with Crippen LogP contribution in [-0.2, 0) is 5.41 Å². The zero-order valence-corrected chi connectivity index (χ0v) is 30.6. The number of allylic oxidation sites excluding steroid dienone is 4. The van der Waals surface area contributed by atoms with E-state index in [1.54, 1.807) is 0 Å². The van der Waals surface area contributed by atoms with Crippen LogP contribution in [0, 0.1) is 0 Å². The van der Waals surface area contributed by atoms with Crippen LogP contribution < -0.4 is 9.80 Å². The van der Waals surface area contributed by atoms with Crippen LogP contribution in [-0.4, -0.2) is 0 Å². The van der Waals surface area contributed by atoms with E-state index >= 15 is 0 Å². The second-order valence-corrected chi connectivity index (χ2v) is 14.4. The van der Waals surface area contributed by atoms with Crippen molar-refractivity contribution < 1.29 is 0 Å². The monoisotopic (exact) mass is 704 g/mol. The number of hydrogen-bond donors (Lipinski definition) is 0. The molecule has 10 rings (SSSR count). The molecular formula is C53H40N2. The maximum Gasteiger partial charge on any atom is 0.0711 e. The van der Waals surface area contributed by atoms with E-state index in [1.165, 1.54) is 66.9 Å². The highest BCUT2D eigenvalue weighted by Crippen LogP contribution is 2.61. The van der Waals surface area contributed by atoms with Crippen LogP contribution in [0.1, 0.15) is 35.1 Å². The van der Waals surface area contributed by atoms with Gasteiger partial charge in [0.25, 0.3) is 0 Å². The maximum absolute atomic E-state index is 2.54. The molecule has 0 radical (unpaired) electrons. The Morgan fingerprint density at radius 3 is 1.25 bits per heavy atom. The number of nitrogens with zero attached hydrogens (tertiary/aromatic N) is 2. The summed E-state index contributed by atoms with van der Waals surface area (Å²) in [5, 5.41) is 2.52. The third-order valence-corrected chi connectivity index (χ3v) is 11.4. The molecule has 262 valence electrons. The van der Waals surface area contributed by atoms with Gasteiger partial charge < -0.3 is 9.80 Å². The summed E-state index contributed by atoms with van der Waals surface area (Å²) in [6, 6.07) is 77.3. The number of fused-ring (bicyclic) bond motifs is 4. The number of para-hydroxylation sites is 4. The second-order valence-electron chi connectivity index (χ2n) is 14.4. The van der Waals surface area contributed by atoms with Gasteiger partial charge in [0.05, 0.1) is 11.1 Å². The van der Waals surface area contributed by atoms with E-state index in [4.69, 9.17) is 0 Å². The summed E-state index contributed by atoms with van der Waals surface area (Å²) in [6.07, 6.45) is 4.38. The lowest BCUT2D eigenvalue weighted by Gasteiger charge is -2.38. The summed E-state index contributed by atoms with van der Waals surface area (Å²) >= 11 is 0. The van der Waals surface area contributed by atoms with Gasteiger partial charge in [-0.15, -0.1) is 0 Å². The van der Waals surface area contributed by atoms with Crippen LogP contribution in [0.15, 0.2) is 230 Å². The molecule has 2 aliphatic carbocycles. The van der Waals surface area contributed by atoms with Crippen LogP contribution in [0.2, 0.25) is 0 Å². The van der Waals surface area contributed by atoms with E-state index in [0.29, 0.717) is 0 Å². The predicted octanol–water partition coefficient (Wildman–Crippen LogP) is 13.9. The third-order valence-electron chi connectivity index (χ3n) is 11.4. The zero-order chi connectivity index (χ0) is 36.6. The lowest BCUT2D eigenvalue weighted by Crippen LogP contribution is -2.31. The third kappa shape index (κ3) is 5.41. The molecule has 0 N–H and O–H groups in total. The molecule has 2 aliphatic rings. The minimum atomic E-state index is -0.574. The van der Waals surface area contributed by atoms with Gasteiger partial charge in [-0.3, -0.25) is 0 Å². The molecule has 0 unspecified atom stereocenters. The largest absolute Gasteiger partial charge is 0.314 e. The van der Waals surface area contributed by atoms with Crippen molar-refractivity contribution in [1.82, 2.24) is 0 Å². The van der Waals surface area contributed by atoms with Gasteiger partial charge in [-0.2, -0.15) is 0 Å². The van der Waals surface area contributed by atoms with Gasteiger partial charge in [-0.1, -0.05) is 158 Å². The van der Waals surface area contributed by atoms with Gasteiger partial charge in [-0.05, 0) is 112 Å². The van der Waals surface area contributed by atoms with Gasteiger partial charge >= 0.3 is 0 Å². The average Bonchev–Trinajstić information content (AvgIpc) is 3.56. The van der Waals surface area contributed by atoms with Gasteiger partial charge in [0, 0.05) is 33.8 Å². The summed E-state index contributed by atoms with van der Waals surface area (Å²) < 4.78 is 0. The van der Waals surface area contributed by atoms with E-state index < -0.39 is 5.41 Å². The quantitative estimate of drug-likeness (QED) is 0.155. The molecule has 55 heavy (non-hydrogen) atoms. The zero-order valence-electron chi connectivity index (χ0n) is 30.6. The fraction of sp³-hybridized carbons (Fsp3) is 0.0566. The first-order chi connectivity index (χ1) is 27.3. The Bertz CT molecular complexity index is 2550. The van der Waals surface area contributed by atoms with Gasteiger partial charge in [0.15, 0.2) is 0 Å². The van der Waals surface area contributed by atoms with E-state index in [2.05, 4.69) is 228 Å². The lowest BCUT2D eigenvalue weighted by molar-refractivity contribution is 0.751. The Morgan fingerprint density at radius 2 is 0.782 bits per heavy atom. The van der Waals surface area contributed by atoms with Crippen molar-refractivity contribution in [3.05, 3.63) is 252 Å². The van der Waals surface area contributed by atoms with Crippen molar-refractivity contribution in [3.8, 4) is 0 Å². The standard InChI is InChI=1S/C53H40N2/c1-7-21-39(22-8-1)53(40-23-9-2-10-24-40)49-37-45(54(41-25-11-3-12-26-41)42-27-13-4-14-28-42)35-36-48(49)52-47-34-20-19-33-46(47)51(38-50(52)53)55(43-29-15-5-16-30-43)44-31-17-6-18-32-44/h1-34,37-38H,35-36H2. The van der Waals surface area contributed by atoms with E-state index in [-0.39, 0.29) is 0 Å². The van der Waals surface area contributed by atoms with Crippen molar-refractivity contribution in [1.29, 1.82) is 0 Å². The fourth-order valence-electron chi connectivity index (χ4n) is 9.17. The predicted molar refractivity (Wildman–Crippen MR) is 231 cm³/mol. The molecule has 8 aromatic rings. The fourth-order valence-corrected chi connectivity index (χ4v) is 9.17. The summed E-state index contributed by atoms with van der Waals surface area (Å²) in [6.45, 7) is 0. The summed E-state index contributed by atoms with van der Waals surface area (Å²) in [5.74, 6) is 0. The molecule has 0 saturated heterocycles. The highest BCUT2D eigenvalue weighted by molar-refractivity contribution is 6.09. The normalized spacial score (nSPS) is 14.2. The Balaban J connectivity index is 1.32. The average molecular weight is 705 g/mol. The second kappa shape index (κ2) is 13.8. The van der Waals surface area contributed by atoms with Crippen LogP contribution in [0.5, 0.6) is 0 Å². The first-order valence-corrected chi connectivity index (χ1v) is 19.2.